The molecule has 0 radical (unpaired) electrons. The van der Waals surface area contributed by atoms with Crippen LogP contribution in [0.1, 0.15) is 62.5 Å². The average Bonchev–Trinajstić information content (AvgIpc) is 3.20. The van der Waals surface area contributed by atoms with Crippen LogP contribution < -0.4 is 10.1 Å². The first-order chi connectivity index (χ1) is 18.7. The van der Waals surface area contributed by atoms with Gasteiger partial charge >= 0.3 is 24.4 Å². The van der Waals surface area contributed by atoms with Gasteiger partial charge < -0.3 is 15.2 Å². The Balaban J connectivity index is 0.00000178. The van der Waals surface area contributed by atoms with Gasteiger partial charge in [-0.25, -0.2) is 0 Å². The van der Waals surface area contributed by atoms with Crippen molar-refractivity contribution in [3.8, 4) is 17.0 Å². The number of aryl methyl sites for hydroxylation is 1. The summed E-state index contributed by atoms with van der Waals surface area (Å²) in [6.45, 7) is 1.78. The quantitative estimate of drug-likeness (QED) is 0.357. The lowest BCUT2D eigenvalue weighted by atomic mass is 9.79. The molecule has 1 aliphatic carbocycles. The molecule has 1 aromatic carbocycles. The van der Waals surface area contributed by atoms with Crippen molar-refractivity contribution in [1.29, 1.82) is 0 Å². The number of nitrogens with zero attached hydrogens (tertiary/aromatic N) is 2. The highest BCUT2D eigenvalue weighted by Crippen LogP contribution is 2.39. The molecular weight excluding hydrogens is 585 g/mol. The van der Waals surface area contributed by atoms with Crippen LogP contribution in [0.4, 0.5) is 22.0 Å². The maximum atomic E-state index is 13.2. The Bertz CT molecular complexity index is 1200. The smallest absolute Gasteiger partial charge is 0.391 e. The number of halogens is 6. The summed E-state index contributed by atoms with van der Waals surface area (Å²) in [5.74, 6) is -2.21. The maximum absolute atomic E-state index is 13.2. The van der Waals surface area contributed by atoms with Crippen LogP contribution in [0, 0.1) is 11.8 Å². The Labute approximate surface area is 236 Å². The molecule has 0 unspecified atom stereocenters. The molecule has 224 valence electrons. The molecule has 1 aromatic heterocycles. The predicted octanol–water partition coefficient (Wildman–Crippen LogP) is 5.57. The van der Waals surface area contributed by atoms with Crippen LogP contribution in [-0.4, -0.2) is 54.1 Å². The third-order valence-electron chi connectivity index (χ3n) is 6.81. The minimum atomic E-state index is -4.45. The number of nitrogens with one attached hydrogen (secondary N) is 1. The van der Waals surface area contributed by atoms with Gasteiger partial charge in [-0.2, -0.15) is 35.5 Å². The number of carbonyl (C=O) groups excluding carboxylic acids is 1. The minimum absolute atomic E-state index is 0.00896. The summed E-state index contributed by atoms with van der Waals surface area (Å²) in [6, 6.07) is 3.82. The third kappa shape index (κ3) is 8.96. The van der Waals surface area contributed by atoms with Gasteiger partial charge in [0.2, 0.25) is 0 Å². The van der Waals surface area contributed by atoms with Gasteiger partial charge in [0.25, 0.3) is 5.91 Å². The highest BCUT2D eigenvalue weighted by Gasteiger charge is 2.36. The summed E-state index contributed by atoms with van der Waals surface area (Å²) in [4.78, 5) is 12.9. The number of rotatable bonds is 9. The third-order valence-corrected chi connectivity index (χ3v) is 7.17. The number of aromatic nitrogens is 2. The lowest BCUT2D eigenvalue weighted by molar-refractivity contribution is -0.169. The first-order valence-corrected chi connectivity index (χ1v) is 13.5. The second-order valence-electron chi connectivity index (χ2n) is 9.84. The van der Waals surface area contributed by atoms with Crippen molar-refractivity contribution in [3.05, 3.63) is 34.5 Å². The number of benzene rings is 1. The molecular formula is C25H31ClF5N3O5S. The van der Waals surface area contributed by atoms with Gasteiger partial charge in [-0.1, -0.05) is 31.5 Å². The summed E-state index contributed by atoms with van der Waals surface area (Å²) in [5, 5.41) is 17.5. The topological polar surface area (TPSA) is 111 Å². The van der Waals surface area contributed by atoms with E-state index in [1.165, 1.54) is 16.8 Å². The lowest BCUT2D eigenvalue weighted by Crippen LogP contribution is -2.45. The Morgan fingerprint density at radius 1 is 1.30 bits per heavy atom. The van der Waals surface area contributed by atoms with Gasteiger partial charge in [-0.05, 0) is 62.6 Å². The molecule has 1 fully saturated rings. The van der Waals surface area contributed by atoms with Crippen molar-refractivity contribution in [3.63, 3.8) is 0 Å². The van der Waals surface area contributed by atoms with Crippen molar-refractivity contribution >= 4 is 29.1 Å². The summed E-state index contributed by atoms with van der Waals surface area (Å²) < 4.78 is 88.0. The van der Waals surface area contributed by atoms with E-state index in [-0.39, 0.29) is 46.4 Å². The predicted molar refractivity (Wildman–Crippen MR) is 138 cm³/mol. The molecule has 0 spiro atoms. The fourth-order valence-electron chi connectivity index (χ4n) is 4.43. The molecule has 1 heterocycles. The average molecular weight is 616 g/mol. The van der Waals surface area contributed by atoms with Crippen molar-refractivity contribution in [2.24, 2.45) is 11.8 Å². The van der Waals surface area contributed by atoms with E-state index in [1.807, 2.05) is 0 Å². The number of hydrogen-bond donors (Lipinski definition) is 2. The minimum Gasteiger partial charge on any atom is -0.434 e. The Kier molecular flexibility index (Phi) is 12.1. The van der Waals surface area contributed by atoms with Gasteiger partial charge in [0.15, 0.2) is 5.69 Å². The van der Waals surface area contributed by atoms with E-state index in [4.69, 9.17) is 20.0 Å². The van der Waals surface area contributed by atoms with Gasteiger partial charge in [0.05, 0.1) is 22.2 Å². The SMILES string of the molecule is CCn1nc(C(=O)NCC2(O)CCC(C)CC2)c(Cl)c1-c1ccc(C[C@H](C)C(F)(F)F)cc1OC(F)F.O=S=O. The zero-order valence-corrected chi connectivity index (χ0v) is 23.6. The largest absolute Gasteiger partial charge is 0.434 e. The first-order valence-electron chi connectivity index (χ1n) is 12.5. The molecule has 1 aliphatic rings. The highest BCUT2D eigenvalue weighted by atomic mass is 35.5. The first kappa shape index (κ1) is 33.6. The standard InChI is InChI=1S/C25H31ClF5N3O3.O2S/c1-4-34-21(17-6-5-16(11-15(3)25(29,30)31)12-18(17)37-23(27)28)19(26)20(33-34)22(35)32-13-24(36)9-7-14(2)8-10-24;1-3-2/h5-6,12,14-15,23,36H,4,7-11,13H2,1-3H3,(H,32,35);/t14?,15-,24?;/m0./s1. The Morgan fingerprint density at radius 2 is 1.90 bits per heavy atom. The molecule has 0 aliphatic heterocycles. The van der Waals surface area contributed by atoms with Crippen molar-refractivity contribution < 1.29 is 45.0 Å². The second kappa shape index (κ2) is 14.4. The van der Waals surface area contributed by atoms with Crippen molar-refractivity contribution in [2.75, 3.05) is 6.54 Å². The number of carbonyl (C=O) groups is 1. The zero-order valence-electron chi connectivity index (χ0n) is 22.1. The summed E-state index contributed by atoms with van der Waals surface area (Å²) in [7, 11) is 0. The van der Waals surface area contributed by atoms with Gasteiger partial charge in [0.1, 0.15) is 5.75 Å². The van der Waals surface area contributed by atoms with Crippen LogP contribution in [-0.2, 0) is 24.5 Å². The lowest BCUT2D eigenvalue weighted by Gasteiger charge is -2.34. The molecule has 15 heteroatoms. The molecule has 1 amide bonds. The van der Waals surface area contributed by atoms with Crippen LogP contribution in [0.5, 0.6) is 5.75 Å². The second-order valence-corrected chi connectivity index (χ2v) is 10.4. The molecule has 1 saturated carbocycles. The fourth-order valence-corrected chi connectivity index (χ4v) is 4.75. The van der Waals surface area contributed by atoms with E-state index in [0.717, 1.165) is 25.8 Å². The van der Waals surface area contributed by atoms with Gasteiger partial charge in [-0.15, -0.1) is 0 Å². The van der Waals surface area contributed by atoms with E-state index in [9.17, 15) is 31.9 Å². The van der Waals surface area contributed by atoms with Crippen LogP contribution >= 0.6 is 11.6 Å². The number of alkyl halides is 5. The molecule has 8 nitrogen and oxygen atoms in total. The van der Waals surface area contributed by atoms with Crippen LogP contribution in [0.2, 0.25) is 5.02 Å². The maximum Gasteiger partial charge on any atom is 0.391 e. The van der Waals surface area contributed by atoms with E-state index >= 15 is 0 Å². The Hall–Kier alpha value is -2.58. The zero-order chi connectivity index (χ0) is 30.3. The molecule has 40 heavy (non-hydrogen) atoms. The number of hydrogen-bond acceptors (Lipinski definition) is 6. The monoisotopic (exact) mass is 615 g/mol. The summed E-state index contributed by atoms with van der Waals surface area (Å²) >= 11 is 5.76. The van der Waals surface area contributed by atoms with Crippen molar-refractivity contribution in [1.82, 2.24) is 15.1 Å². The van der Waals surface area contributed by atoms with Crippen LogP contribution in [0.25, 0.3) is 11.3 Å². The molecule has 2 aromatic rings. The van der Waals surface area contributed by atoms with Crippen LogP contribution in [0.15, 0.2) is 18.2 Å². The molecule has 1 atom stereocenters. The molecule has 2 N–H and O–H groups in total. The number of ether oxygens (including phenoxy) is 1. The molecule has 0 bridgehead atoms. The highest BCUT2D eigenvalue weighted by molar-refractivity contribution is 7.51. The summed E-state index contributed by atoms with van der Waals surface area (Å²) in [5.41, 5.74) is -0.875. The van der Waals surface area contributed by atoms with Gasteiger partial charge in [-0.3, -0.25) is 9.48 Å². The Morgan fingerprint density at radius 3 is 2.42 bits per heavy atom. The van der Waals surface area contributed by atoms with Gasteiger partial charge in [0, 0.05) is 18.7 Å². The number of aliphatic hydroxyl groups is 1. The van der Waals surface area contributed by atoms with E-state index in [0.29, 0.717) is 18.8 Å². The van der Waals surface area contributed by atoms with E-state index < -0.39 is 48.2 Å². The fraction of sp³-hybridized carbons (Fsp3) is 0.600. The van der Waals surface area contributed by atoms with E-state index in [2.05, 4.69) is 22.1 Å². The molecule has 3 rings (SSSR count). The van der Waals surface area contributed by atoms with Crippen molar-refractivity contribution in [2.45, 2.75) is 77.8 Å². The van der Waals surface area contributed by atoms with E-state index in [1.54, 1.807) is 6.92 Å². The molecule has 0 saturated heterocycles. The normalized spacial score (nSPS) is 19.9. The van der Waals surface area contributed by atoms with Crippen LogP contribution in [0.3, 0.4) is 0 Å². The number of amides is 1. The summed E-state index contributed by atoms with van der Waals surface area (Å²) in [6.07, 6.45) is -2.11.